The molecule has 21 heavy (non-hydrogen) atoms. The van der Waals surface area contributed by atoms with Crippen LogP contribution < -0.4 is 15.4 Å². The van der Waals surface area contributed by atoms with Crippen LogP contribution in [0.4, 0.5) is 4.79 Å². The zero-order chi connectivity index (χ0) is 14.9. The van der Waals surface area contributed by atoms with Crippen molar-refractivity contribution in [3.63, 3.8) is 0 Å². The summed E-state index contributed by atoms with van der Waals surface area (Å²) in [5, 5.41) is 5.70. The summed E-state index contributed by atoms with van der Waals surface area (Å²) in [6, 6.07) is 7.51. The third-order valence-electron chi connectivity index (χ3n) is 3.40. The summed E-state index contributed by atoms with van der Waals surface area (Å²) in [5.41, 5.74) is 1.01. The number of urea groups is 1. The van der Waals surface area contributed by atoms with E-state index in [-0.39, 0.29) is 6.03 Å². The Balaban J connectivity index is 1.62. The van der Waals surface area contributed by atoms with Gasteiger partial charge in [0.2, 0.25) is 0 Å². The van der Waals surface area contributed by atoms with Crippen molar-refractivity contribution in [2.24, 2.45) is 0 Å². The Bertz CT molecular complexity index is 448. The number of hydrogen-bond acceptors (Lipinski definition) is 4. The molecule has 1 saturated heterocycles. The smallest absolute Gasteiger partial charge is 0.315 e. The highest BCUT2D eigenvalue weighted by atomic mass is 16.5. The van der Waals surface area contributed by atoms with Gasteiger partial charge in [-0.2, -0.15) is 0 Å². The maximum absolute atomic E-state index is 11.7. The van der Waals surface area contributed by atoms with Crippen molar-refractivity contribution in [3.8, 4) is 5.75 Å². The van der Waals surface area contributed by atoms with Crippen LogP contribution in [0.25, 0.3) is 0 Å². The Morgan fingerprint density at radius 3 is 2.90 bits per heavy atom. The number of nitrogens with one attached hydrogen (secondary N) is 2. The molecule has 6 nitrogen and oxygen atoms in total. The van der Waals surface area contributed by atoms with Crippen molar-refractivity contribution in [2.45, 2.75) is 6.54 Å². The van der Waals surface area contributed by atoms with Gasteiger partial charge in [-0.3, -0.25) is 4.90 Å². The first kappa shape index (κ1) is 15.6. The van der Waals surface area contributed by atoms with E-state index in [0.29, 0.717) is 13.1 Å². The molecule has 1 aromatic carbocycles. The number of amides is 2. The lowest BCUT2D eigenvalue weighted by molar-refractivity contribution is 0.0387. The number of hydrogen-bond donors (Lipinski definition) is 2. The van der Waals surface area contributed by atoms with Gasteiger partial charge in [0.25, 0.3) is 0 Å². The molecule has 2 amide bonds. The van der Waals surface area contributed by atoms with Gasteiger partial charge in [-0.15, -0.1) is 0 Å². The lowest BCUT2D eigenvalue weighted by atomic mass is 10.2. The van der Waals surface area contributed by atoms with Crippen LogP contribution in [0.3, 0.4) is 0 Å². The number of ether oxygens (including phenoxy) is 2. The molecule has 0 aliphatic carbocycles. The summed E-state index contributed by atoms with van der Waals surface area (Å²) in [5.74, 6) is 0.794. The van der Waals surface area contributed by atoms with E-state index >= 15 is 0 Å². The molecule has 116 valence electrons. The van der Waals surface area contributed by atoms with E-state index in [0.717, 1.165) is 44.2 Å². The number of benzene rings is 1. The van der Waals surface area contributed by atoms with Gasteiger partial charge < -0.3 is 20.1 Å². The molecule has 1 fully saturated rings. The lowest BCUT2D eigenvalue weighted by Crippen LogP contribution is -2.43. The van der Waals surface area contributed by atoms with Gasteiger partial charge in [0.1, 0.15) is 5.75 Å². The van der Waals surface area contributed by atoms with Crippen molar-refractivity contribution >= 4 is 6.03 Å². The van der Waals surface area contributed by atoms with Gasteiger partial charge >= 0.3 is 6.03 Å². The van der Waals surface area contributed by atoms with E-state index in [1.165, 1.54) is 0 Å². The molecule has 1 aliphatic rings. The minimum Gasteiger partial charge on any atom is -0.497 e. The maximum Gasteiger partial charge on any atom is 0.315 e. The number of nitrogens with zero attached hydrogens (tertiary/aromatic N) is 1. The topological polar surface area (TPSA) is 62.8 Å². The molecule has 0 spiro atoms. The normalized spacial score (nSPS) is 15.5. The molecule has 0 atom stereocenters. The molecule has 1 heterocycles. The Labute approximate surface area is 125 Å². The summed E-state index contributed by atoms with van der Waals surface area (Å²) in [4.78, 5) is 14.0. The van der Waals surface area contributed by atoms with Crippen molar-refractivity contribution < 1.29 is 14.3 Å². The SMILES string of the molecule is COc1cccc(CNC(=O)NCCN2CCOCC2)c1. The quantitative estimate of drug-likeness (QED) is 0.815. The second-order valence-electron chi connectivity index (χ2n) is 4.91. The highest BCUT2D eigenvalue weighted by Crippen LogP contribution is 2.11. The number of carbonyl (C=O) groups is 1. The second kappa shape index (κ2) is 8.49. The maximum atomic E-state index is 11.7. The average Bonchev–Trinajstić information content (AvgIpc) is 2.54. The molecular weight excluding hydrogens is 270 g/mol. The van der Waals surface area contributed by atoms with E-state index < -0.39 is 0 Å². The van der Waals surface area contributed by atoms with Crippen molar-refractivity contribution in [1.82, 2.24) is 15.5 Å². The number of methoxy groups -OCH3 is 1. The minimum absolute atomic E-state index is 0.147. The van der Waals surface area contributed by atoms with Crippen LogP contribution in [0, 0.1) is 0 Å². The summed E-state index contributed by atoms with van der Waals surface area (Å²) >= 11 is 0. The highest BCUT2D eigenvalue weighted by Gasteiger charge is 2.09. The van der Waals surface area contributed by atoms with Crippen LogP contribution in [0.5, 0.6) is 5.75 Å². The van der Waals surface area contributed by atoms with E-state index in [9.17, 15) is 4.79 Å². The zero-order valence-electron chi connectivity index (χ0n) is 12.4. The van der Waals surface area contributed by atoms with Gasteiger partial charge in [0.05, 0.1) is 20.3 Å². The second-order valence-corrected chi connectivity index (χ2v) is 4.91. The third-order valence-corrected chi connectivity index (χ3v) is 3.40. The van der Waals surface area contributed by atoms with Gasteiger partial charge in [-0.25, -0.2) is 4.79 Å². The van der Waals surface area contributed by atoms with Crippen LogP contribution >= 0.6 is 0 Å². The molecule has 0 unspecified atom stereocenters. The van der Waals surface area contributed by atoms with E-state index in [1.54, 1.807) is 7.11 Å². The third kappa shape index (κ3) is 5.61. The standard InChI is InChI=1S/C15H23N3O3/c1-20-14-4-2-3-13(11-14)12-17-15(19)16-5-6-18-7-9-21-10-8-18/h2-4,11H,5-10,12H2,1H3,(H2,16,17,19). The first-order valence-electron chi connectivity index (χ1n) is 7.22. The first-order valence-corrected chi connectivity index (χ1v) is 7.22. The Kier molecular flexibility index (Phi) is 6.30. The molecule has 1 aliphatic heterocycles. The van der Waals surface area contributed by atoms with E-state index in [1.807, 2.05) is 24.3 Å². The fourth-order valence-electron chi connectivity index (χ4n) is 2.18. The minimum atomic E-state index is -0.147. The van der Waals surface area contributed by atoms with Crippen LogP contribution in [0.2, 0.25) is 0 Å². The first-order chi connectivity index (χ1) is 10.3. The Morgan fingerprint density at radius 1 is 1.33 bits per heavy atom. The summed E-state index contributed by atoms with van der Waals surface area (Å²) < 4.78 is 10.4. The predicted octanol–water partition coefficient (Wildman–Crippen LogP) is 0.827. The van der Waals surface area contributed by atoms with Crippen LogP contribution in [0.15, 0.2) is 24.3 Å². The van der Waals surface area contributed by atoms with Crippen molar-refractivity contribution in [3.05, 3.63) is 29.8 Å². The molecule has 2 N–H and O–H groups in total. The van der Waals surface area contributed by atoms with Crippen molar-refractivity contribution in [1.29, 1.82) is 0 Å². The van der Waals surface area contributed by atoms with E-state index in [2.05, 4.69) is 15.5 Å². The summed E-state index contributed by atoms with van der Waals surface area (Å²) in [6.45, 7) is 5.42. The molecule has 1 aromatic rings. The largest absolute Gasteiger partial charge is 0.497 e. The molecular formula is C15H23N3O3. The lowest BCUT2D eigenvalue weighted by Gasteiger charge is -2.26. The predicted molar refractivity (Wildman–Crippen MR) is 80.5 cm³/mol. The molecule has 0 aromatic heterocycles. The molecule has 0 bridgehead atoms. The van der Waals surface area contributed by atoms with Crippen molar-refractivity contribution in [2.75, 3.05) is 46.5 Å². The van der Waals surface area contributed by atoms with E-state index in [4.69, 9.17) is 9.47 Å². The average molecular weight is 293 g/mol. The highest BCUT2D eigenvalue weighted by molar-refractivity contribution is 5.73. The van der Waals surface area contributed by atoms with Gasteiger partial charge in [-0.1, -0.05) is 12.1 Å². The summed E-state index contributed by atoms with van der Waals surface area (Å²) in [7, 11) is 1.63. The number of carbonyl (C=O) groups excluding carboxylic acids is 1. The van der Waals surface area contributed by atoms with Gasteiger partial charge in [0, 0.05) is 32.7 Å². The Morgan fingerprint density at radius 2 is 2.14 bits per heavy atom. The van der Waals surface area contributed by atoms with Crippen LogP contribution in [0.1, 0.15) is 5.56 Å². The molecule has 6 heteroatoms. The fraction of sp³-hybridized carbons (Fsp3) is 0.533. The zero-order valence-corrected chi connectivity index (χ0v) is 12.4. The molecule has 0 radical (unpaired) electrons. The summed E-state index contributed by atoms with van der Waals surface area (Å²) in [6.07, 6.45) is 0. The number of morpholine rings is 1. The van der Waals surface area contributed by atoms with Gasteiger partial charge in [-0.05, 0) is 17.7 Å². The molecule has 0 saturated carbocycles. The number of rotatable bonds is 6. The van der Waals surface area contributed by atoms with Crippen LogP contribution in [-0.4, -0.2) is 57.4 Å². The Hall–Kier alpha value is -1.79. The van der Waals surface area contributed by atoms with Gasteiger partial charge in [0.15, 0.2) is 0 Å². The fourth-order valence-corrected chi connectivity index (χ4v) is 2.18. The molecule has 2 rings (SSSR count). The monoisotopic (exact) mass is 293 g/mol. The van der Waals surface area contributed by atoms with Crippen LogP contribution in [-0.2, 0) is 11.3 Å².